The zero-order chi connectivity index (χ0) is 18.9. The summed E-state index contributed by atoms with van der Waals surface area (Å²) in [6, 6.07) is 4.79. The van der Waals surface area contributed by atoms with Gasteiger partial charge in [-0.05, 0) is 31.9 Å². The molecule has 0 amide bonds. The normalized spacial score (nSPS) is 10.4. The molecule has 0 bridgehead atoms. The van der Waals surface area contributed by atoms with Crippen molar-refractivity contribution in [2.45, 2.75) is 20.8 Å². The molecule has 0 unspecified atom stereocenters. The monoisotopic (exact) mass is 347 g/mol. The van der Waals surface area contributed by atoms with E-state index >= 15 is 0 Å². The standard InChI is InChI=1S/C15H13N3O7/c1-8-4-9(2)14(10(3)5-8)25-15-12(17(21)22)6-11(16(19)20)7-13(15)18(23)24/h4-7H,1-3H3. The second kappa shape index (κ2) is 6.51. The van der Waals surface area contributed by atoms with Crippen LogP contribution in [0.3, 0.4) is 0 Å². The van der Waals surface area contributed by atoms with E-state index in [0.717, 1.165) is 5.56 Å². The summed E-state index contributed by atoms with van der Waals surface area (Å²) in [5.74, 6) is -0.415. The van der Waals surface area contributed by atoms with Crippen molar-refractivity contribution in [3.8, 4) is 11.5 Å². The molecule has 0 aliphatic heterocycles. The maximum absolute atomic E-state index is 11.3. The van der Waals surface area contributed by atoms with Crippen molar-refractivity contribution in [1.29, 1.82) is 0 Å². The molecule has 0 saturated heterocycles. The first-order valence-electron chi connectivity index (χ1n) is 6.98. The highest BCUT2D eigenvalue weighted by molar-refractivity contribution is 5.67. The quantitative estimate of drug-likeness (QED) is 0.585. The molecule has 0 radical (unpaired) electrons. The highest BCUT2D eigenvalue weighted by atomic mass is 16.6. The average molecular weight is 347 g/mol. The molecular weight excluding hydrogens is 334 g/mol. The molecule has 2 aromatic carbocycles. The van der Waals surface area contributed by atoms with Gasteiger partial charge in [-0.1, -0.05) is 17.7 Å². The molecule has 2 rings (SSSR count). The zero-order valence-corrected chi connectivity index (χ0v) is 13.5. The summed E-state index contributed by atoms with van der Waals surface area (Å²) in [4.78, 5) is 30.6. The van der Waals surface area contributed by atoms with Crippen molar-refractivity contribution in [2.75, 3.05) is 0 Å². The second-order valence-corrected chi connectivity index (χ2v) is 5.41. The lowest BCUT2D eigenvalue weighted by atomic mass is 10.1. The molecule has 0 atom stereocenters. The molecule has 25 heavy (non-hydrogen) atoms. The maximum atomic E-state index is 11.3. The van der Waals surface area contributed by atoms with Gasteiger partial charge in [-0.2, -0.15) is 0 Å². The summed E-state index contributed by atoms with van der Waals surface area (Å²) >= 11 is 0. The van der Waals surface area contributed by atoms with E-state index < -0.39 is 37.6 Å². The van der Waals surface area contributed by atoms with Crippen molar-refractivity contribution >= 4 is 17.1 Å². The Morgan fingerprint density at radius 3 is 1.52 bits per heavy atom. The first-order valence-corrected chi connectivity index (χ1v) is 6.98. The molecule has 0 spiro atoms. The van der Waals surface area contributed by atoms with Gasteiger partial charge in [0.15, 0.2) is 0 Å². The smallest absolute Gasteiger partial charge is 0.325 e. The fraction of sp³-hybridized carbons (Fsp3) is 0.200. The van der Waals surface area contributed by atoms with E-state index in [9.17, 15) is 30.3 Å². The Hall–Kier alpha value is -3.56. The second-order valence-electron chi connectivity index (χ2n) is 5.41. The lowest BCUT2D eigenvalue weighted by molar-refractivity contribution is -0.404. The molecule has 130 valence electrons. The summed E-state index contributed by atoms with van der Waals surface area (Å²) in [5, 5.41) is 33.4. The summed E-state index contributed by atoms with van der Waals surface area (Å²) < 4.78 is 5.51. The van der Waals surface area contributed by atoms with Crippen LogP contribution >= 0.6 is 0 Å². The highest BCUT2D eigenvalue weighted by Gasteiger charge is 2.33. The van der Waals surface area contributed by atoms with Crippen molar-refractivity contribution in [3.63, 3.8) is 0 Å². The van der Waals surface area contributed by atoms with Gasteiger partial charge in [-0.25, -0.2) is 0 Å². The third-order valence-corrected chi connectivity index (χ3v) is 3.45. The van der Waals surface area contributed by atoms with Crippen LogP contribution < -0.4 is 4.74 Å². The number of non-ortho nitro benzene ring substituents is 1. The van der Waals surface area contributed by atoms with Crippen LogP contribution in [-0.4, -0.2) is 14.8 Å². The minimum atomic E-state index is -0.950. The number of nitro benzene ring substituents is 3. The van der Waals surface area contributed by atoms with Crippen molar-refractivity contribution < 1.29 is 19.5 Å². The summed E-state index contributed by atoms with van der Waals surface area (Å²) in [6.45, 7) is 5.23. The lowest BCUT2D eigenvalue weighted by Crippen LogP contribution is -2.02. The van der Waals surface area contributed by atoms with Crippen LogP contribution in [-0.2, 0) is 0 Å². The topological polar surface area (TPSA) is 139 Å². The van der Waals surface area contributed by atoms with Gasteiger partial charge in [0.2, 0.25) is 0 Å². The molecule has 0 N–H and O–H groups in total. The van der Waals surface area contributed by atoms with Crippen molar-refractivity contribution in [3.05, 3.63) is 71.3 Å². The van der Waals surface area contributed by atoms with Gasteiger partial charge in [0, 0.05) is 0 Å². The molecule has 0 saturated carbocycles. The molecule has 10 heteroatoms. The summed E-state index contributed by atoms with van der Waals surface area (Å²) in [5.41, 5.74) is -0.280. The van der Waals surface area contributed by atoms with Gasteiger partial charge in [0.25, 0.3) is 11.4 Å². The first-order chi connectivity index (χ1) is 11.6. The van der Waals surface area contributed by atoms with E-state index in [4.69, 9.17) is 4.74 Å². The number of hydrogen-bond donors (Lipinski definition) is 0. The van der Waals surface area contributed by atoms with E-state index in [-0.39, 0.29) is 5.75 Å². The fourth-order valence-electron chi connectivity index (χ4n) is 2.50. The van der Waals surface area contributed by atoms with Crippen LogP contribution in [0.5, 0.6) is 11.5 Å². The third kappa shape index (κ3) is 3.52. The Bertz CT molecular complexity index is 850. The largest absolute Gasteiger partial charge is 0.444 e. The predicted molar refractivity (Wildman–Crippen MR) is 87.1 cm³/mol. The number of hydrogen-bond acceptors (Lipinski definition) is 7. The van der Waals surface area contributed by atoms with Crippen LogP contribution in [0, 0.1) is 51.1 Å². The minimum Gasteiger partial charge on any atom is -0.444 e. The van der Waals surface area contributed by atoms with E-state index in [0.29, 0.717) is 23.3 Å². The molecule has 0 aromatic heterocycles. The van der Waals surface area contributed by atoms with Crippen LogP contribution in [0.25, 0.3) is 0 Å². The van der Waals surface area contributed by atoms with E-state index in [1.54, 1.807) is 26.0 Å². The molecule has 0 fully saturated rings. The Morgan fingerprint density at radius 2 is 1.16 bits per heavy atom. The first kappa shape index (κ1) is 17.8. The number of aryl methyl sites for hydroxylation is 3. The maximum Gasteiger partial charge on any atom is 0.325 e. The van der Waals surface area contributed by atoms with Gasteiger partial charge >= 0.3 is 11.4 Å². The van der Waals surface area contributed by atoms with Crippen LogP contribution in [0.1, 0.15) is 16.7 Å². The molecule has 10 nitrogen and oxygen atoms in total. The molecule has 2 aromatic rings. The van der Waals surface area contributed by atoms with E-state index in [1.165, 1.54) is 0 Å². The van der Waals surface area contributed by atoms with E-state index in [1.807, 2.05) is 6.92 Å². The van der Waals surface area contributed by atoms with Gasteiger partial charge in [0.05, 0.1) is 26.9 Å². The Labute approximate surface area is 141 Å². The van der Waals surface area contributed by atoms with Gasteiger partial charge in [0.1, 0.15) is 5.75 Å². The van der Waals surface area contributed by atoms with Crippen molar-refractivity contribution in [2.24, 2.45) is 0 Å². The summed E-state index contributed by atoms with van der Waals surface area (Å²) in [6.07, 6.45) is 0. The molecule has 0 heterocycles. The number of benzene rings is 2. The fourth-order valence-corrected chi connectivity index (χ4v) is 2.50. The zero-order valence-electron chi connectivity index (χ0n) is 13.5. The Balaban J connectivity index is 2.74. The highest BCUT2D eigenvalue weighted by Crippen LogP contribution is 2.44. The SMILES string of the molecule is Cc1cc(C)c(Oc2c([N+](=O)[O-])cc([N+](=O)[O-])cc2[N+](=O)[O-])c(C)c1. The van der Waals surface area contributed by atoms with Crippen LogP contribution in [0.15, 0.2) is 24.3 Å². The molecule has 0 aliphatic rings. The number of ether oxygens (including phenoxy) is 1. The average Bonchev–Trinajstić information content (AvgIpc) is 2.49. The number of nitro groups is 3. The predicted octanol–water partition coefficient (Wildman–Crippen LogP) is 4.13. The molecular formula is C15H13N3O7. The van der Waals surface area contributed by atoms with Crippen LogP contribution in [0.4, 0.5) is 17.1 Å². The van der Waals surface area contributed by atoms with Gasteiger partial charge < -0.3 is 4.74 Å². The van der Waals surface area contributed by atoms with Gasteiger partial charge in [-0.3, -0.25) is 30.3 Å². The Morgan fingerprint density at radius 1 is 0.720 bits per heavy atom. The number of nitrogens with zero attached hydrogens (tertiary/aromatic N) is 3. The van der Waals surface area contributed by atoms with E-state index in [2.05, 4.69) is 0 Å². The Kier molecular flexibility index (Phi) is 4.63. The third-order valence-electron chi connectivity index (χ3n) is 3.45. The lowest BCUT2D eigenvalue weighted by Gasteiger charge is -2.13. The minimum absolute atomic E-state index is 0.227. The van der Waals surface area contributed by atoms with Crippen LogP contribution in [0.2, 0.25) is 0 Å². The van der Waals surface area contributed by atoms with Crippen molar-refractivity contribution in [1.82, 2.24) is 0 Å². The summed E-state index contributed by atoms with van der Waals surface area (Å²) in [7, 11) is 0. The van der Waals surface area contributed by atoms with Gasteiger partial charge in [-0.15, -0.1) is 0 Å². The number of rotatable bonds is 5. The molecule has 0 aliphatic carbocycles.